The summed E-state index contributed by atoms with van der Waals surface area (Å²) in [6.45, 7) is 4.58. The second-order valence-corrected chi connectivity index (χ2v) is 6.59. The fourth-order valence-corrected chi connectivity index (χ4v) is 3.39. The van der Waals surface area contributed by atoms with E-state index in [1.165, 1.54) is 25.9 Å². The van der Waals surface area contributed by atoms with Crippen LogP contribution in [0, 0.1) is 0 Å². The molecular formula is C16H15OTe. The van der Waals surface area contributed by atoms with Crippen molar-refractivity contribution >= 4 is 25.9 Å². The summed E-state index contributed by atoms with van der Waals surface area (Å²) in [5.41, 5.74) is 5.57. The number of hydrogen-bond donors (Lipinski definition) is 0. The molecular weight excluding hydrogens is 336 g/mol. The predicted molar refractivity (Wildman–Crippen MR) is 75.9 cm³/mol. The summed E-state index contributed by atoms with van der Waals surface area (Å²) >= 11 is 2.07. The van der Waals surface area contributed by atoms with Gasteiger partial charge in [-0.1, -0.05) is 0 Å². The van der Waals surface area contributed by atoms with Crippen molar-refractivity contribution in [3.63, 3.8) is 0 Å². The Morgan fingerprint density at radius 2 is 1.56 bits per heavy atom. The fourth-order valence-electron chi connectivity index (χ4n) is 2.85. The number of benzene rings is 2. The topological polar surface area (TPSA) is 9.23 Å². The van der Waals surface area contributed by atoms with E-state index in [4.69, 9.17) is 4.74 Å². The quantitative estimate of drug-likeness (QED) is 0.719. The van der Waals surface area contributed by atoms with Crippen LogP contribution in [0.3, 0.4) is 0 Å². The predicted octanol–water partition coefficient (Wildman–Crippen LogP) is 2.80. The zero-order valence-electron chi connectivity index (χ0n) is 10.8. The molecule has 1 radical (unpaired) electrons. The van der Waals surface area contributed by atoms with E-state index in [-0.39, 0.29) is 5.41 Å². The maximum atomic E-state index is 5.35. The van der Waals surface area contributed by atoms with Crippen LogP contribution in [0.15, 0.2) is 36.4 Å². The molecule has 1 nitrogen and oxygen atoms in total. The van der Waals surface area contributed by atoms with Crippen molar-refractivity contribution in [1.29, 1.82) is 0 Å². The van der Waals surface area contributed by atoms with E-state index in [2.05, 4.69) is 72.5 Å². The molecule has 0 aromatic heterocycles. The molecule has 0 aliphatic heterocycles. The summed E-state index contributed by atoms with van der Waals surface area (Å²) in [6.07, 6.45) is 0. The van der Waals surface area contributed by atoms with Gasteiger partial charge in [0.25, 0.3) is 0 Å². The number of fused-ring (bicyclic) bond motifs is 3. The summed E-state index contributed by atoms with van der Waals surface area (Å²) in [5.74, 6) is 0.930. The third-order valence-electron chi connectivity index (χ3n) is 3.85. The first-order valence-corrected chi connectivity index (χ1v) is 7.21. The third kappa shape index (κ3) is 1.60. The molecule has 1 aliphatic carbocycles. The van der Waals surface area contributed by atoms with E-state index >= 15 is 0 Å². The standard InChI is InChI=1S/C16H15OTe/c1-16(2)14-6-4-10(17-3)8-12(14)13-9-11(18)5-7-15(13)16/h4-9H,1-3H3. The number of methoxy groups -OCH3 is 1. The summed E-state index contributed by atoms with van der Waals surface area (Å²) in [6, 6.07) is 13.2. The SMILES string of the molecule is COc1ccc2c(c1)-c1cc([Te])ccc1C2(C)C. The van der Waals surface area contributed by atoms with Crippen LogP contribution in [0.4, 0.5) is 0 Å². The maximum absolute atomic E-state index is 5.35. The molecule has 0 N–H and O–H groups in total. The van der Waals surface area contributed by atoms with Crippen LogP contribution in [0.5, 0.6) is 5.75 Å². The molecule has 1 aliphatic rings. The summed E-state index contributed by atoms with van der Waals surface area (Å²) in [4.78, 5) is 0. The molecule has 0 atom stereocenters. The molecule has 0 fully saturated rings. The van der Waals surface area contributed by atoms with Crippen molar-refractivity contribution in [3.8, 4) is 16.9 Å². The van der Waals surface area contributed by atoms with E-state index < -0.39 is 0 Å². The summed E-state index contributed by atoms with van der Waals surface area (Å²) < 4.78 is 6.67. The Morgan fingerprint density at radius 1 is 0.944 bits per heavy atom. The van der Waals surface area contributed by atoms with Gasteiger partial charge in [-0.25, -0.2) is 0 Å². The van der Waals surface area contributed by atoms with Crippen molar-refractivity contribution in [2.24, 2.45) is 0 Å². The Balaban J connectivity index is 2.33. The number of hydrogen-bond acceptors (Lipinski definition) is 1. The van der Waals surface area contributed by atoms with Crippen LogP contribution < -0.4 is 8.35 Å². The van der Waals surface area contributed by atoms with Gasteiger partial charge < -0.3 is 0 Å². The Morgan fingerprint density at radius 3 is 2.22 bits per heavy atom. The second-order valence-electron chi connectivity index (χ2n) is 5.24. The number of rotatable bonds is 1. The van der Waals surface area contributed by atoms with E-state index in [1.807, 2.05) is 0 Å². The van der Waals surface area contributed by atoms with Gasteiger partial charge >= 0.3 is 121 Å². The van der Waals surface area contributed by atoms with Crippen molar-refractivity contribution in [3.05, 3.63) is 47.5 Å². The first-order valence-electron chi connectivity index (χ1n) is 6.04. The molecule has 91 valence electrons. The van der Waals surface area contributed by atoms with Gasteiger partial charge in [0.1, 0.15) is 0 Å². The van der Waals surface area contributed by atoms with Gasteiger partial charge in [-0.2, -0.15) is 0 Å². The van der Waals surface area contributed by atoms with E-state index in [0.717, 1.165) is 5.75 Å². The molecule has 0 spiro atoms. The number of ether oxygens (including phenoxy) is 1. The summed E-state index contributed by atoms with van der Waals surface area (Å²) in [7, 11) is 1.72. The van der Waals surface area contributed by atoms with E-state index in [9.17, 15) is 0 Å². The molecule has 0 bridgehead atoms. The fraction of sp³-hybridized carbons (Fsp3) is 0.250. The molecule has 0 heterocycles. The molecule has 2 aromatic carbocycles. The van der Waals surface area contributed by atoms with E-state index in [0.29, 0.717) is 0 Å². The van der Waals surface area contributed by atoms with Gasteiger partial charge in [0.2, 0.25) is 0 Å². The van der Waals surface area contributed by atoms with Gasteiger partial charge in [0, 0.05) is 0 Å². The van der Waals surface area contributed by atoms with Gasteiger partial charge in [-0.15, -0.1) is 0 Å². The Hall–Kier alpha value is -0.970. The van der Waals surface area contributed by atoms with E-state index in [1.54, 1.807) is 7.11 Å². The minimum absolute atomic E-state index is 0.0890. The van der Waals surface area contributed by atoms with Crippen molar-refractivity contribution in [2.45, 2.75) is 19.3 Å². The second kappa shape index (κ2) is 4.02. The molecule has 3 rings (SSSR count). The Bertz CT molecular complexity index is 629. The van der Waals surface area contributed by atoms with Crippen LogP contribution >= 0.6 is 0 Å². The molecule has 0 amide bonds. The monoisotopic (exact) mass is 353 g/mol. The van der Waals surface area contributed by atoms with Crippen LogP contribution in [0.1, 0.15) is 25.0 Å². The Labute approximate surface area is 121 Å². The van der Waals surface area contributed by atoms with Crippen LogP contribution in [0.2, 0.25) is 0 Å². The van der Waals surface area contributed by atoms with Gasteiger partial charge in [-0.3, -0.25) is 0 Å². The third-order valence-corrected chi connectivity index (χ3v) is 4.58. The molecule has 2 aromatic rings. The van der Waals surface area contributed by atoms with Crippen LogP contribution in [-0.2, 0) is 5.41 Å². The minimum atomic E-state index is 0.0890. The molecule has 18 heavy (non-hydrogen) atoms. The zero-order chi connectivity index (χ0) is 12.9. The average molecular weight is 351 g/mol. The molecule has 0 saturated carbocycles. The molecule has 0 saturated heterocycles. The first-order chi connectivity index (χ1) is 8.54. The normalized spacial score (nSPS) is 15.1. The van der Waals surface area contributed by atoms with Gasteiger partial charge in [0.05, 0.1) is 0 Å². The van der Waals surface area contributed by atoms with Crippen molar-refractivity contribution < 1.29 is 4.74 Å². The van der Waals surface area contributed by atoms with Gasteiger partial charge in [0.15, 0.2) is 0 Å². The average Bonchev–Trinajstić information content (AvgIpc) is 2.58. The van der Waals surface area contributed by atoms with Crippen LogP contribution in [0.25, 0.3) is 11.1 Å². The first kappa shape index (κ1) is 12.1. The molecule has 0 unspecified atom stereocenters. The van der Waals surface area contributed by atoms with Gasteiger partial charge in [-0.05, 0) is 0 Å². The van der Waals surface area contributed by atoms with Crippen molar-refractivity contribution in [2.75, 3.05) is 7.11 Å². The molecule has 2 heteroatoms. The Kier molecular flexibility index (Phi) is 2.70. The van der Waals surface area contributed by atoms with Crippen molar-refractivity contribution in [1.82, 2.24) is 0 Å². The summed E-state index contributed by atoms with van der Waals surface area (Å²) in [5, 5.41) is 0. The van der Waals surface area contributed by atoms with Crippen LogP contribution in [-0.4, -0.2) is 29.4 Å². The zero-order valence-corrected chi connectivity index (χ0v) is 13.1.